The van der Waals surface area contributed by atoms with Gasteiger partial charge >= 0.3 is 0 Å². The highest BCUT2D eigenvalue weighted by molar-refractivity contribution is 6.05. The second kappa shape index (κ2) is 6.11. The van der Waals surface area contributed by atoms with E-state index < -0.39 is 0 Å². The summed E-state index contributed by atoms with van der Waals surface area (Å²) in [7, 11) is 0. The highest BCUT2D eigenvalue weighted by Gasteiger charge is 2.25. The zero-order valence-electron chi connectivity index (χ0n) is 14.8. The molecule has 0 atom stereocenters. The normalized spacial score (nSPS) is 15.8. The number of nitrogens with zero attached hydrogens (tertiary/aromatic N) is 3. The fraction of sp³-hybridized carbons (Fsp3) is 0.238. The van der Waals surface area contributed by atoms with Gasteiger partial charge in [0.05, 0.1) is 26.2 Å². The molecule has 1 aliphatic heterocycles. The van der Waals surface area contributed by atoms with Crippen LogP contribution < -0.4 is 9.80 Å². The van der Waals surface area contributed by atoms with Gasteiger partial charge in [-0.05, 0) is 30.7 Å². The first-order chi connectivity index (χ1) is 12.8. The van der Waals surface area contributed by atoms with Crippen LogP contribution in [-0.2, 0) is 0 Å². The molecule has 0 spiro atoms. The summed E-state index contributed by atoms with van der Waals surface area (Å²) in [6.07, 6.45) is 1.65. The number of para-hydroxylation sites is 1. The number of hydrogen-bond donors (Lipinski definition) is 1. The van der Waals surface area contributed by atoms with Crippen molar-refractivity contribution in [3.8, 4) is 0 Å². The van der Waals surface area contributed by atoms with Gasteiger partial charge in [0.15, 0.2) is 11.4 Å². The molecule has 5 nitrogen and oxygen atoms in total. The number of rotatable bonds is 2. The largest absolute Gasteiger partial charge is 0.450 e. The molecule has 3 heterocycles. The van der Waals surface area contributed by atoms with E-state index in [-0.39, 0.29) is 0 Å². The molecule has 2 aromatic heterocycles. The van der Waals surface area contributed by atoms with Crippen LogP contribution in [0.15, 0.2) is 59.3 Å². The molecule has 1 saturated heterocycles. The Kier molecular flexibility index (Phi) is 3.60. The molecule has 2 aromatic carbocycles. The minimum absolute atomic E-state index is 0.799. The number of aryl methyl sites for hydroxylation is 1. The summed E-state index contributed by atoms with van der Waals surface area (Å²) in [5.74, 6) is 0.912. The van der Waals surface area contributed by atoms with E-state index in [1.165, 1.54) is 16.2 Å². The van der Waals surface area contributed by atoms with Gasteiger partial charge in [-0.2, -0.15) is 0 Å². The summed E-state index contributed by atoms with van der Waals surface area (Å²) in [4.78, 5) is 12.9. The van der Waals surface area contributed by atoms with E-state index in [9.17, 15) is 0 Å². The maximum absolute atomic E-state index is 6.09. The summed E-state index contributed by atoms with van der Waals surface area (Å²) in [6.45, 7) is 6.15. The molecule has 0 unspecified atom stereocenters. The van der Waals surface area contributed by atoms with Crippen LogP contribution in [0, 0.1) is 6.92 Å². The molecule has 0 bridgehead atoms. The number of aromatic nitrogens is 2. The van der Waals surface area contributed by atoms with Gasteiger partial charge in [-0.3, -0.25) is 4.90 Å². The van der Waals surface area contributed by atoms with Crippen LogP contribution in [0.3, 0.4) is 0 Å². The topological polar surface area (TPSA) is 46.6 Å². The molecule has 0 aliphatic carbocycles. The predicted molar refractivity (Wildman–Crippen MR) is 103 cm³/mol. The lowest BCUT2D eigenvalue weighted by molar-refractivity contribution is -0.833. The first-order valence-electron chi connectivity index (χ1n) is 9.08. The monoisotopic (exact) mass is 345 g/mol. The fourth-order valence-corrected chi connectivity index (χ4v) is 3.88. The van der Waals surface area contributed by atoms with Crippen molar-refractivity contribution < 1.29 is 9.32 Å². The third-order valence-electron chi connectivity index (χ3n) is 5.23. The summed E-state index contributed by atoms with van der Waals surface area (Å²) < 4.78 is 6.09. The molecular weight excluding hydrogens is 324 g/mol. The zero-order chi connectivity index (χ0) is 17.5. The minimum atomic E-state index is 0.799. The Morgan fingerprint density at radius 2 is 1.85 bits per heavy atom. The first kappa shape index (κ1) is 15.3. The maximum Gasteiger partial charge on any atom is 0.196 e. The van der Waals surface area contributed by atoms with Gasteiger partial charge in [0, 0.05) is 11.5 Å². The highest BCUT2D eigenvalue weighted by atomic mass is 16.3. The molecule has 0 saturated carbocycles. The third kappa shape index (κ3) is 2.52. The molecule has 4 aromatic rings. The number of quaternary nitrogens is 1. The lowest BCUT2D eigenvalue weighted by Crippen LogP contribution is -3.10. The molecule has 0 amide bonds. The number of anilines is 1. The van der Waals surface area contributed by atoms with Gasteiger partial charge in [0.1, 0.15) is 23.1 Å². The lowest BCUT2D eigenvalue weighted by Gasteiger charge is -2.32. The van der Waals surface area contributed by atoms with Gasteiger partial charge in [-0.1, -0.05) is 24.3 Å². The summed E-state index contributed by atoms with van der Waals surface area (Å²) in [5, 5.41) is 1.05. The molecule has 130 valence electrons. The van der Waals surface area contributed by atoms with Crippen LogP contribution in [-0.4, -0.2) is 36.1 Å². The van der Waals surface area contributed by atoms with E-state index in [1.807, 2.05) is 18.2 Å². The van der Waals surface area contributed by atoms with Crippen LogP contribution in [0.2, 0.25) is 0 Å². The second-order valence-electron chi connectivity index (χ2n) is 6.93. The van der Waals surface area contributed by atoms with E-state index in [0.29, 0.717) is 0 Å². The lowest BCUT2D eigenvalue weighted by atomic mass is 10.2. The molecular formula is C21H21N4O+. The van der Waals surface area contributed by atoms with Crippen LogP contribution in [0.1, 0.15) is 5.56 Å². The number of fused-ring (bicyclic) bond motifs is 3. The number of nitrogens with one attached hydrogen (secondary N) is 1. The summed E-state index contributed by atoms with van der Waals surface area (Å²) in [6, 6.07) is 16.8. The van der Waals surface area contributed by atoms with Crippen molar-refractivity contribution in [1.82, 2.24) is 9.97 Å². The van der Waals surface area contributed by atoms with Gasteiger partial charge < -0.3 is 9.32 Å². The molecule has 1 aliphatic rings. The second-order valence-corrected chi connectivity index (χ2v) is 6.93. The highest BCUT2D eigenvalue weighted by Crippen LogP contribution is 2.31. The Hall–Kier alpha value is -2.92. The SMILES string of the molecule is Cc1cccc([NH+]2CCN(c3ncnc4c3oc3ccccc34)CC2)c1. The number of benzene rings is 2. The number of piperazine rings is 1. The van der Waals surface area contributed by atoms with Crippen molar-refractivity contribution in [3.05, 3.63) is 60.4 Å². The van der Waals surface area contributed by atoms with Crippen LogP contribution in [0.5, 0.6) is 0 Å². The van der Waals surface area contributed by atoms with E-state index in [0.717, 1.165) is 54.1 Å². The Balaban J connectivity index is 1.45. The van der Waals surface area contributed by atoms with Crippen molar-refractivity contribution in [2.75, 3.05) is 31.1 Å². The average Bonchev–Trinajstić information content (AvgIpc) is 3.07. The molecule has 1 fully saturated rings. The van der Waals surface area contributed by atoms with E-state index in [2.05, 4.69) is 52.1 Å². The predicted octanol–water partition coefficient (Wildman–Crippen LogP) is 2.72. The quantitative estimate of drug-likeness (QED) is 0.607. The van der Waals surface area contributed by atoms with Crippen molar-refractivity contribution >= 4 is 33.6 Å². The van der Waals surface area contributed by atoms with Crippen LogP contribution >= 0.6 is 0 Å². The smallest absolute Gasteiger partial charge is 0.196 e. The van der Waals surface area contributed by atoms with Crippen LogP contribution in [0.25, 0.3) is 22.1 Å². The van der Waals surface area contributed by atoms with Crippen molar-refractivity contribution in [3.63, 3.8) is 0 Å². The fourth-order valence-electron chi connectivity index (χ4n) is 3.88. The molecule has 5 rings (SSSR count). The summed E-state index contributed by atoms with van der Waals surface area (Å²) >= 11 is 0. The van der Waals surface area contributed by atoms with E-state index in [4.69, 9.17) is 4.42 Å². The van der Waals surface area contributed by atoms with Gasteiger partial charge in [0.25, 0.3) is 0 Å². The molecule has 0 radical (unpaired) electrons. The molecule has 5 heteroatoms. The third-order valence-corrected chi connectivity index (χ3v) is 5.23. The van der Waals surface area contributed by atoms with Gasteiger partial charge in [-0.25, -0.2) is 9.97 Å². The average molecular weight is 345 g/mol. The Morgan fingerprint density at radius 1 is 1.00 bits per heavy atom. The van der Waals surface area contributed by atoms with E-state index >= 15 is 0 Å². The first-order valence-corrected chi connectivity index (χ1v) is 9.08. The maximum atomic E-state index is 6.09. The Morgan fingerprint density at radius 3 is 2.69 bits per heavy atom. The van der Waals surface area contributed by atoms with Crippen molar-refractivity contribution in [2.45, 2.75) is 6.92 Å². The number of furan rings is 1. The van der Waals surface area contributed by atoms with Gasteiger partial charge in [0.2, 0.25) is 0 Å². The number of hydrogen-bond acceptors (Lipinski definition) is 4. The molecule has 26 heavy (non-hydrogen) atoms. The van der Waals surface area contributed by atoms with E-state index in [1.54, 1.807) is 6.33 Å². The van der Waals surface area contributed by atoms with Crippen molar-refractivity contribution in [2.24, 2.45) is 0 Å². The van der Waals surface area contributed by atoms with Crippen molar-refractivity contribution in [1.29, 1.82) is 0 Å². The summed E-state index contributed by atoms with van der Waals surface area (Å²) in [5.41, 5.74) is 5.26. The van der Waals surface area contributed by atoms with Crippen LogP contribution in [0.4, 0.5) is 11.5 Å². The minimum Gasteiger partial charge on any atom is -0.450 e. The Labute approximate surface area is 151 Å². The Bertz CT molecular complexity index is 1080. The molecule has 1 N–H and O–H groups in total. The standard InChI is InChI=1S/C21H20N4O/c1-15-5-4-6-16(13-15)24-9-11-25(12-10-24)21-20-19(22-14-23-21)17-7-2-3-8-18(17)26-20/h2-8,13-14H,9-12H2,1H3/p+1. The van der Waals surface area contributed by atoms with Gasteiger partial charge in [-0.15, -0.1) is 0 Å². The zero-order valence-corrected chi connectivity index (χ0v) is 14.8.